The normalized spacial score (nSPS) is 13.1. The molecule has 0 aliphatic rings. The predicted molar refractivity (Wildman–Crippen MR) is 339 cm³/mol. The molecule has 0 amide bonds. The van der Waals surface area contributed by atoms with Crippen molar-refractivity contribution in [2.45, 2.75) is 277 Å². The lowest BCUT2D eigenvalue weighted by Gasteiger charge is -2.18. The Morgan fingerprint density at radius 1 is 0.269 bits per heavy atom. The number of carbonyl (C=O) groups excluding carboxylic acids is 3. The minimum atomic E-state index is -0.798. The summed E-state index contributed by atoms with van der Waals surface area (Å²) in [5.74, 6) is -0.934. The topological polar surface area (TPSA) is 78.9 Å². The van der Waals surface area contributed by atoms with Crippen LogP contribution in [0.4, 0.5) is 0 Å². The van der Waals surface area contributed by atoms with Gasteiger partial charge in [0.15, 0.2) is 6.10 Å². The molecule has 0 saturated heterocycles. The number of hydrogen-bond acceptors (Lipinski definition) is 6. The van der Waals surface area contributed by atoms with E-state index in [1.165, 1.54) is 64.2 Å². The van der Waals surface area contributed by atoms with Crippen molar-refractivity contribution in [3.63, 3.8) is 0 Å². The van der Waals surface area contributed by atoms with Crippen molar-refractivity contribution in [2.75, 3.05) is 13.2 Å². The average molecular weight is 1080 g/mol. The fourth-order valence-electron chi connectivity index (χ4n) is 8.29. The molecule has 0 saturated carbocycles. The van der Waals surface area contributed by atoms with E-state index in [-0.39, 0.29) is 31.1 Å². The monoisotopic (exact) mass is 1080 g/mol. The highest BCUT2D eigenvalue weighted by molar-refractivity contribution is 5.71. The Kier molecular flexibility index (Phi) is 60.9. The van der Waals surface area contributed by atoms with Crippen molar-refractivity contribution in [1.29, 1.82) is 0 Å². The summed E-state index contributed by atoms with van der Waals surface area (Å²) < 4.78 is 16.8. The van der Waals surface area contributed by atoms with Gasteiger partial charge in [0.2, 0.25) is 0 Å². The maximum absolute atomic E-state index is 12.8. The van der Waals surface area contributed by atoms with Crippen LogP contribution in [0.1, 0.15) is 271 Å². The van der Waals surface area contributed by atoms with Gasteiger partial charge in [-0.25, -0.2) is 0 Å². The number of unbranched alkanes of at least 4 members (excludes halogenated alkanes) is 21. The van der Waals surface area contributed by atoms with Gasteiger partial charge < -0.3 is 14.2 Å². The first-order chi connectivity index (χ1) is 38.5. The van der Waals surface area contributed by atoms with Gasteiger partial charge in [0, 0.05) is 19.3 Å². The smallest absolute Gasteiger partial charge is 0.306 e. The van der Waals surface area contributed by atoms with E-state index in [0.29, 0.717) is 19.3 Å². The minimum Gasteiger partial charge on any atom is -0.462 e. The zero-order valence-electron chi connectivity index (χ0n) is 50.4. The molecule has 78 heavy (non-hydrogen) atoms. The van der Waals surface area contributed by atoms with E-state index in [0.717, 1.165) is 167 Å². The molecule has 0 aromatic carbocycles. The lowest BCUT2D eigenvalue weighted by Crippen LogP contribution is -2.30. The molecule has 0 aliphatic heterocycles. The first-order valence-electron chi connectivity index (χ1n) is 31.8. The van der Waals surface area contributed by atoms with E-state index >= 15 is 0 Å². The molecule has 0 fully saturated rings. The second-order valence-electron chi connectivity index (χ2n) is 20.6. The average Bonchev–Trinajstić information content (AvgIpc) is 3.44. The van der Waals surface area contributed by atoms with Gasteiger partial charge in [-0.1, -0.05) is 256 Å². The van der Waals surface area contributed by atoms with E-state index in [4.69, 9.17) is 14.2 Å². The second-order valence-corrected chi connectivity index (χ2v) is 20.6. The van der Waals surface area contributed by atoms with Gasteiger partial charge in [-0.2, -0.15) is 0 Å². The molecule has 0 spiro atoms. The molecule has 0 rings (SSSR count). The molecular formula is C72H116O6. The third-order valence-electron chi connectivity index (χ3n) is 13.0. The van der Waals surface area contributed by atoms with Gasteiger partial charge in [-0.05, 0) is 141 Å². The Morgan fingerprint density at radius 3 is 0.846 bits per heavy atom. The fourth-order valence-corrected chi connectivity index (χ4v) is 8.29. The summed E-state index contributed by atoms with van der Waals surface area (Å²) in [5, 5.41) is 0. The van der Waals surface area contributed by atoms with Gasteiger partial charge in [-0.3, -0.25) is 14.4 Å². The number of hydrogen-bond donors (Lipinski definition) is 0. The van der Waals surface area contributed by atoms with Gasteiger partial charge in [0.1, 0.15) is 13.2 Å². The molecule has 6 nitrogen and oxygen atoms in total. The zero-order chi connectivity index (χ0) is 56.4. The third kappa shape index (κ3) is 62.1. The van der Waals surface area contributed by atoms with E-state index in [9.17, 15) is 14.4 Å². The Hall–Kier alpha value is -4.71. The van der Waals surface area contributed by atoms with Crippen LogP contribution in [0.5, 0.6) is 0 Å². The maximum atomic E-state index is 12.8. The van der Waals surface area contributed by atoms with Gasteiger partial charge in [0.25, 0.3) is 0 Å². The van der Waals surface area contributed by atoms with Crippen LogP contribution in [0.15, 0.2) is 146 Å². The summed E-state index contributed by atoms with van der Waals surface area (Å²) in [6, 6.07) is 0. The van der Waals surface area contributed by atoms with Gasteiger partial charge in [-0.15, -0.1) is 0 Å². The molecule has 1 unspecified atom stereocenters. The van der Waals surface area contributed by atoms with Gasteiger partial charge in [0.05, 0.1) is 0 Å². The predicted octanol–water partition coefficient (Wildman–Crippen LogP) is 21.9. The largest absolute Gasteiger partial charge is 0.462 e. The molecule has 0 radical (unpaired) electrons. The van der Waals surface area contributed by atoms with Crippen molar-refractivity contribution in [3.05, 3.63) is 146 Å². The van der Waals surface area contributed by atoms with Crippen LogP contribution >= 0.6 is 0 Å². The first-order valence-corrected chi connectivity index (χ1v) is 31.8. The highest BCUT2D eigenvalue weighted by atomic mass is 16.6. The van der Waals surface area contributed by atoms with Crippen LogP contribution in [-0.2, 0) is 28.6 Å². The quantitative estimate of drug-likeness (QED) is 0.0261. The summed E-state index contributed by atoms with van der Waals surface area (Å²) in [4.78, 5) is 38.1. The van der Waals surface area contributed by atoms with Crippen LogP contribution in [0.3, 0.4) is 0 Å². The molecule has 0 aromatic rings. The number of allylic oxidation sites excluding steroid dienone is 24. The second kappa shape index (κ2) is 64.8. The Labute approximate surface area is 480 Å². The highest BCUT2D eigenvalue weighted by Crippen LogP contribution is 2.14. The summed E-state index contributed by atoms with van der Waals surface area (Å²) in [7, 11) is 0. The molecule has 0 N–H and O–H groups in total. The lowest BCUT2D eigenvalue weighted by atomic mass is 10.1. The molecule has 6 heteroatoms. The maximum Gasteiger partial charge on any atom is 0.306 e. The summed E-state index contributed by atoms with van der Waals surface area (Å²) >= 11 is 0. The molecule has 440 valence electrons. The van der Waals surface area contributed by atoms with E-state index in [2.05, 4.69) is 167 Å². The molecule has 0 aliphatic carbocycles. The zero-order valence-corrected chi connectivity index (χ0v) is 50.4. The van der Waals surface area contributed by atoms with Crippen molar-refractivity contribution in [1.82, 2.24) is 0 Å². The van der Waals surface area contributed by atoms with Crippen LogP contribution in [0, 0.1) is 0 Å². The molecule has 0 heterocycles. The third-order valence-corrected chi connectivity index (χ3v) is 13.0. The number of ether oxygens (including phenoxy) is 3. The van der Waals surface area contributed by atoms with Crippen molar-refractivity contribution in [3.8, 4) is 0 Å². The number of esters is 3. The minimum absolute atomic E-state index is 0.0952. The van der Waals surface area contributed by atoms with E-state index < -0.39 is 6.10 Å². The molecular weight excluding hydrogens is 961 g/mol. The lowest BCUT2D eigenvalue weighted by molar-refractivity contribution is -0.167. The first kappa shape index (κ1) is 73.3. The van der Waals surface area contributed by atoms with Crippen molar-refractivity contribution >= 4 is 17.9 Å². The van der Waals surface area contributed by atoms with Crippen molar-refractivity contribution < 1.29 is 28.6 Å². The van der Waals surface area contributed by atoms with E-state index in [1.807, 2.05) is 0 Å². The number of carbonyl (C=O) groups is 3. The van der Waals surface area contributed by atoms with Crippen LogP contribution in [0.2, 0.25) is 0 Å². The molecule has 1 atom stereocenters. The van der Waals surface area contributed by atoms with Crippen LogP contribution in [0.25, 0.3) is 0 Å². The van der Waals surface area contributed by atoms with Crippen molar-refractivity contribution in [2.24, 2.45) is 0 Å². The number of rotatable bonds is 56. The van der Waals surface area contributed by atoms with Gasteiger partial charge >= 0.3 is 17.9 Å². The Morgan fingerprint density at radius 2 is 0.526 bits per heavy atom. The standard InChI is InChI=1S/C72H116O6/c1-4-7-10-13-16-19-22-24-26-27-28-29-30-31-32-33-34-35-36-37-38-39-40-41-42-43-44-45-47-48-50-53-56-59-62-65-71(74)77-68-69(67-76-70(73)64-61-58-55-52-21-18-15-12-9-6-3)78-72(75)66-63-60-57-54-51-49-46-25-23-20-17-14-11-8-5-2/h7,10,12,15-17,19-20,24-26,28-29,31-32,34-35,37-38,40-41,43-44,46,69H,4-6,8-9,11,13-14,18,21-23,27,30,33,36,39,42,45,47-68H2,1-3H3/b10-7-,15-12-,19-16-,20-17-,26-24-,29-28-,32-31-,35-34-,38-37-,41-40-,44-43-,46-25-. The Bertz CT molecular complexity index is 1710. The highest BCUT2D eigenvalue weighted by Gasteiger charge is 2.19. The van der Waals surface area contributed by atoms with E-state index in [1.54, 1.807) is 0 Å². The Balaban J connectivity index is 4.23. The fraction of sp³-hybridized carbons (Fsp3) is 0.625. The van der Waals surface area contributed by atoms with Crippen LogP contribution in [-0.4, -0.2) is 37.2 Å². The summed E-state index contributed by atoms with van der Waals surface area (Å²) in [6.45, 7) is 6.40. The SMILES string of the molecule is CC/C=C\C/C=C\C/C=C\C/C=C\C/C=C\C/C=C\C/C=C\C/C=C\C/C=C\CCCCCCCCCC(=O)OCC(COC(=O)CCCCCCC/C=C\CCC)OC(=O)CCCCCCC/C=C\C/C=C\CCCCC. The summed E-state index contributed by atoms with van der Waals surface area (Å²) in [6.07, 6.45) is 92.9. The van der Waals surface area contributed by atoms with Crippen LogP contribution < -0.4 is 0 Å². The molecule has 0 bridgehead atoms. The molecule has 0 aromatic heterocycles. The summed E-state index contributed by atoms with van der Waals surface area (Å²) in [5.41, 5.74) is 0.